The predicted octanol–water partition coefficient (Wildman–Crippen LogP) is 2.05. The first kappa shape index (κ1) is 15.6. The maximum atomic E-state index is 12.0. The number of sulfone groups is 1. The van der Waals surface area contributed by atoms with Gasteiger partial charge in [0.15, 0.2) is 22.3 Å². The largest absolute Gasteiger partial charge is 0.484 e. The van der Waals surface area contributed by atoms with Gasteiger partial charge in [0.2, 0.25) is 0 Å². The summed E-state index contributed by atoms with van der Waals surface area (Å²) in [4.78, 5) is 4.21. The Balaban J connectivity index is 1.74. The van der Waals surface area contributed by atoms with Gasteiger partial charge in [0, 0.05) is 11.8 Å². The highest BCUT2D eigenvalue weighted by atomic mass is 32.2. The van der Waals surface area contributed by atoms with E-state index in [0.717, 1.165) is 6.42 Å². The van der Waals surface area contributed by atoms with Crippen molar-refractivity contribution in [3.05, 3.63) is 41.5 Å². The van der Waals surface area contributed by atoms with Gasteiger partial charge in [0.1, 0.15) is 10.5 Å². The second kappa shape index (κ2) is 5.70. The molecule has 0 N–H and O–H groups in total. The molecular weight excluding hydrogens is 316 g/mol. The normalized spacial score (nSPS) is 16.3. The highest BCUT2D eigenvalue weighted by molar-refractivity contribution is 7.91. The first-order chi connectivity index (χ1) is 10.9. The van der Waals surface area contributed by atoms with E-state index in [2.05, 4.69) is 16.1 Å². The number of hydrogen-bond acceptors (Lipinski definition) is 6. The molecule has 0 atom stereocenters. The van der Waals surface area contributed by atoms with Crippen LogP contribution in [0.4, 0.5) is 0 Å². The molecule has 1 aromatic heterocycles. The highest BCUT2D eigenvalue weighted by Crippen LogP contribution is 2.46. The van der Waals surface area contributed by atoms with Crippen LogP contribution in [0, 0.1) is 12.3 Å². The van der Waals surface area contributed by atoms with E-state index < -0.39 is 14.6 Å². The number of benzene rings is 1. The molecule has 0 saturated heterocycles. The molecule has 1 fully saturated rings. The molecular formula is C16H16N2O4S. The summed E-state index contributed by atoms with van der Waals surface area (Å²) in [7, 11) is -3.29. The van der Waals surface area contributed by atoms with Crippen LogP contribution >= 0.6 is 0 Å². The second-order valence-electron chi connectivity index (χ2n) is 5.59. The third-order valence-electron chi connectivity index (χ3n) is 4.11. The fourth-order valence-electron chi connectivity index (χ4n) is 2.58. The summed E-state index contributed by atoms with van der Waals surface area (Å²) in [6.45, 7) is 0.0564. The standard InChI is InChI=1S/C16H16N2O4S/c1-3-12-6-4-7-13(10-12)21-11-14-17-15(18-22-14)16(8-5-9-16)23(2,19)20/h1,4,6-7,10H,5,8-9,11H2,2H3. The third kappa shape index (κ3) is 2.82. The first-order valence-corrected chi connectivity index (χ1v) is 9.06. The molecule has 0 bridgehead atoms. The molecule has 3 rings (SSSR count). The Kier molecular flexibility index (Phi) is 3.86. The van der Waals surface area contributed by atoms with Gasteiger partial charge < -0.3 is 9.26 Å². The van der Waals surface area contributed by atoms with E-state index >= 15 is 0 Å². The molecule has 6 nitrogen and oxygen atoms in total. The molecule has 1 heterocycles. The lowest BCUT2D eigenvalue weighted by molar-refractivity contribution is 0.240. The number of terminal acetylenes is 1. The van der Waals surface area contributed by atoms with Crippen LogP contribution < -0.4 is 4.74 Å². The Bertz CT molecular complexity index is 860. The van der Waals surface area contributed by atoms with Crippen LogP contribution in [0.5, 0.6) is 5.75 Å². The van der Waals surface area contributed by atoms with E-state index in [1.807, 2.05) is 0 Å². The Labute approximate surface area is 134 Å². The van der Waals surface area contributed by atoms with Gasteiger partial charge in [-0.15, -0.1) is 6.42 Å². The van der Waals surface area contributed by atoms with Crippen molar-refractivity contribution in [2.75, 3.05) is 6.26 Å². The maximum absolute atomic E-state index is 12.0. The monoisotopic (exact) mass is 332 g/mol. The van der Waals surface area contributed by atoms with E-state index in [0.29, 0.717) is 24.2 Å². The summed E-state index contributed by atoms with van der Waals surface area (Å²) >= 11 is 0. The molecule has 0 aliphatic heterocycles. The van der Waals surface area contributed by atoms with Crippen molar-refractivity contribution in [2.45, 2.75) is 30.6 Å². The molecule has 120 valence electrons. The molecule has 2 aromatic rings. The molecule has 0 spiro atoms. The molecule has 7 heteroatoms. The van der Waals surface area contributed by atoms with E-state index in [1.54, 1.807) is 24.3 Å². The van der Waals surface area contributed by atoms with Gasteiger partial charge in [-0.1, -0.05) is 17.1 Å². The van der Waals surface area contributed by atoms with Gasteiger partial charge in [-0.05, 0) is 37.5 Å². The number of hydrogen-bond donors (Lipinski definition) is 0. The molecule has 0 unspecified atom stereocenters. The molecule has 1 aromatic carbocycles. The van der Waals surface area contributed by atoms with Crippen LogP contribution in [0.1, 0.15) is 36.5 Å². The average molecular weight is 332 g/mol. The van der Waals surface area contributed by atoms with E-state index in [4.69, 9.17) is 15.7 Å². The second-order valence-corrected chi connectivity index (χ2v) is 7.92. The highest BCUT2D eigenvalue weighted by Gasteiger charge is 2.51. The lowest BCUT2D eigenvalue weighted by Gasteiger charge is -2.36. The predicted molar refractivity (Wildman–Crippen MR) is 83.4 cm³/mol. The first-order valence-electron chi connectivity index (χ1n) is 7.17. The van der Waals surface area contributed by atoms with Crippen LogP contribution in [0.2, 0.25) is 0 Å². The lowest BCUT2D eigenvalue weighted by Crippen LogP contribution is -2.42. The smallest absolute Gasteiger partial charge is 0.264 e. The molecule has 0 radical (unpaired) electrons. The number of ether oxygens (including phenoxy) is 1. The van der Waals surface area contributed by atoms with Crippen LogP contribution in [0.25, 0.3) is 0 Å². The average Bonchev–Trinajstić information content (AvgIpc) is 2.91. The number of aromatic nitrogens is 2. The summed E-state index contributed by atoms with van der Waals surface area (Å²) < 4.78 is 33.7. The molecule has 0 amide bonds. The summed E-state index contributed by atoms with van der Waals surface area (Å²) in [5, 5.41) is 3.85. The van der Waals surface area contributed by atoms with Crippen molar-refractivity contribution in [3.63, 3.8) is 0 Å². The Morgan fingerprint density at radius 2 is 2.22 bits per heavy atom. The van der Waals surface area contributed by atoms with Gasteiger partial charge in [0.05, 0.1) is 0 Å². The van der Waals surface area contributed by atoms with Crippen LogP contribution in [0.3, 0.4) is 0 Å². The Morgan fingerprint density at radius 3 is 2.83 bits per heavy atom. The van der Waals surface area contributed by atoms with Crippen LogP contribution in [0.15, 0.2) is 28.8 Å². The van der Waals surface area contributed by atoms with E-state index in [1.165, 1.54) is 6.26 Å². The molecule has 1 saturated carbocycles. The van der Waals surface area contributed by atoms with Crippen LogP contribution in [-0.4, -0.2) is 24.8 Å². The van der Waals surface area contributed by atoms with E-state index in [-0.39, 0.29) is 18.3 Å². The van der Waals surface area contributed by atoms with Gasteiger partial charge in [-0.3, -0.25) is 0 Å². The fourth-order valence-corrected chi connectivity index (χ4v) is 4.02. The van der Waals surface area contributed by atoms with Crippen molar-refractivity contribution in [2.24, 2.45) is 0 Å². The molecule has 1 aliphatic carbocycles. The molecule has 23 heavy (non-hydrogen) atoms. The minimum atomic E-state index is -3.29. The SMILES string of the molecule is C#Cc1cccc(OCc2nc(C3(S(C)(=O)=O)CCC3)no2)c1. The summed E-state index contributed by atoms with van der Waals surface area (Å²) in [6.07, 6.45) is 8.44. The Morgan fingerprint density at radius 1 is 1.43 bits per heavy atom. The lowest BCUT2D eigenvalue weighted by atomic mass is 9.83. The van der Waals surface area contributed by atoms with Gasteiger partial charge in [0.25, 0.3) is 5.89 Å². The zero-order valence-corrected chi connectivity index (χ0v) is 13.5. The molecule has 1 aliphatic rings. The summed E-state index contributed by atoms with van der Waals surface area (Å²) in [6, 6.07) is 7.07. The van der Waals surface area contributed by atoms with Crippen molar-refractivity contribution in [1.82, 2.24) is 10.1 Å². The minimum Gasteiger partial charge on any atom is -0.484 e. The fraction of sp³-hybridized carbons (Fsp3) is 0.375. The van der Waals surface area contributed by atoms with Gasteiger partial charge >= 0.3 is 0 Å². The van der Waals surface area contributed by atoms with Crippen molar-refractivity contribution in [3.8, 4) is 18.1 Å². The summed E-state index contributed by atoms with van der Waals surface area (Å²) in [5.41, 5.74) is 0.708. The van der Waals surface area contributed by atoms with Crippen molar-refractivity contribution in [1.29, 1.82) is 0 Å². The van der Waals surface area contributed by atoms with Gasteiger partial charge in [-0.2, -0.15) is 4.98 Å². The van der Waals surface area contributed by atoms with E-state index in [9.17, 15) is 8.42 Å². The quantitative estimate of drug-likeness (QED) is 0.780. The van der Waals surface area contributed by atoms with Crippen LogP contribution in [-0.2, 0) is 21.2 Å². The van der Waals surface area contributed by atoms with Gasteiger partial charge in [-0.25, -0.2) is 8.42 Å². The minimum absolute atomic E-state index is 0.0564. The van der Waals surface area contributed by atoms with Crippen molar-refractivity contribution < 1.29 is 17.7 Å². The Hall–Kier alpha value is -2.33. The van der Waals surface area contributed by atoms with Crippen molar-refractivity contribution >= 4 is 9.84 Å². The summed E-state index contributed by atoms with van der Waals surface area (Å²) in [5.74, 6) is 3.57. The third-order valence-corrected chi connectivity index (χ3v) is 6.12. The number of rotatable bonds is 5. The topological polar surface area (TPSA) is 82.3 Å². The zero-order chi connectivity index (χ0) is 16.5. The zero-order valence-electron chi connectivity index (χ0n) is 12.7. The maximum Gasteiger partial charge on any atom is 0.264 e. The number of nitrogens with zero attached hydrogens (tertiary/aromatic N) is 2.